The Balaban J connectivity index is 1.77. The van der Waals surface area contributed by atoms with Crippen LogP contribution >= 0.6 is 0 Å². The largest absolute Gasteiger partial charge is 0.461 e. The minimum atomic E-state index is -0.455. The lowest BCUT2D eigenvalue weighted by molar-refractivity contribution is -0.144. The van der Waals surface area contributed by atoms with Gasteiger partial charge in [-0.2, -0.15) is 0 Å². The summed E-state index contributed by atoms with van der Waals surface area (Å²) in [5.74, 6) is 0.307. The smallest absolute Gasteiger partial charge is 0.338 e. The second-order valence-electron chi connectivity index (χ2n) is 7.56. The second kappa shape index (κ2) is 11.7. The van der Waals surface area contributed by atoms with Gasteiger partial charge in [-0.3, -0.25) is 4.79 Å². The first-order valence-corrected chi connectivity index (χ1v) is 10.8. The summed E-state index contributed by atoms with van der Waals surface area (Å²) < 4.78 is 16.8. The van der Waals surface area contributed by atoms with Gasteiger partial charge in [0.25, 0.3) is 0 Å². The van der Waals surface area contributed by atoms with E-state index in [2.05, 4.69) is 0 Å². The third-order valence-electron chi connectivity index (χ3n) is 4.86. The lowest BCUT2D eigenvalue weighted by Crippen LogP contribution is -2.18. The monoisotopic (exact) mass is 432 g/mol. The molecule has 0 saturated carbocycles. The molecule has 0 heterocycles. The number of para-hydroxylation sites is 1. The van der Waals surface area contributed by atoms with Gasteiger partial charge < -0.3 is 14.2 Å². The van der Waals surface area contributed by atoms with Crippen molar-refractivity contribution in [1.29, 1.82) is 0 Å². The van der Waals surface area contributed by atoms with Crippen LogP contribution in [-0.2, 0) is 27.3 Å². The maximum Gasteiger partial charge on any atom is 0.338 e. The number of esters is 2. The van der Waals surface area contributed by atoms with Gasteiger partial charge in [-0.15, -0.1) is 0 Å². The van der Waals surface area contributed by atoms with E-state index in [1.807, 2.05) is 74.5 Å². The molecule has 166 valence electrons. The molecule has 3 aromatic rings. The molecule has 0 aliphatic rings. The molecule has 0 aromatic heterocycles. The van der Waals surface area contributed by atoms with E-state index in [1.165, 1.54) is 0 Å². The van der Waals surface area contributed by atoms with Gasteiger partial charge in [0.2, 0.25) is 0 Å². The van der Waals surface area contributed by atoms with Gasteiger partial charge in [0.05, 0.1) is 18.1 Å². The molecule has 32 heavy (non-hydrogen) atoms. The summed E-state index contributed by atoms with van der Waals surface area (Å²) in [6, 6.07) is 23.8. The van der Waals surface area contributed by atoms with Crippen molar-refractivity contribution >= 4 is 11.9 Å². The second-order valence-corrected chi connectivity index (χ2v) is 7.56. The first kappa shape index (κ1) is 23.1. The summed E-state index contributed by atoms with van der Waals surface area (Å²) in [4.78, 5) is 25.3. The number of ether oxygens (including phenoxy) is 3. The lowest BCUT2D eigenvalue weighted by atomic mass is 10.0. The molecule has 0 N–H and O–H groups in total. The molecule has 0 amide bonds. The third-order valence-corrected chi connectivity index (χ3v) is 4.86. The highest BCUT2D eigenvalue weighted by Crippen LogP contribution is 2.25. The first-order chi connectivity index (χ1) is 15.5. The molecule has 3 rings (SSSR count). The zero-order valence-corrected chi connectivity index (χ0v) is 18.5. The Morgan fingerprint density at radius 2 is 1.56 bits per heavy atom. The fourth-order valence-corrected chi connectivity index (χ4v) is 3.26. The number of carbonyl (C=O) groups is 2. The molecule has 5 heteroatoms. The molecule has 0 saturated heterocycles. The average molecular weight is 433 g/mol. The summed E-state index contributed by atoms with van der Waals surface area (Å²) in [6.45, 7) is 4.07. The van der Waals surface area contributed by atoms with E-state index in [0.29, 0.717) is 22.6 Å². The minimum Gasteiger partial charge on any atom is -0.461 e. The minimum absolute atomic E-state index is 0.0641. The molecule has 1 unspecified atom stereocenters. The topological polar surface area (TPSA) is 61.8 Å². The number of benzene rings is 3. The van der Waals surface area contributed by atoms with Crippen molar-refractivity contribution in [3.05, 3.63) is 95.6 Å². The van der Waals surface area contributed by atoms with Gasteiger partial charge in [-0.05, 0) is 54.8 Å². The van der Waals surface area contributed by atoms with Crippen LogP contribution < -0.4 is 4.74 Å². The van der Waals surface area contributed by atoms with Gasteiger partial charge in [0.15, 0.2) is 0 Å². The number of hydrogen-bond acceptors (Lipinski definition) is 5. The van der Waals surface area contributed by atoms with Crippen LogP contribution in [0.25, 0.3) is 0 Å². The average Bonchev–Trinajstić information content (AvgIpc) is 2.79. The molecule has 5 nitrogen and oxygen atoms in total. The maximum atomic E-state index is 12.8. The van der Waals surface area contributed by atoms with E-state index < -0.39 is 11.9 Å². The summed E-state index contributed by atoms with van der Waals surface area (Å²) in [6.07, 6.45) is 1.42. The SMILES string of the molecule is CCCC(C)OC(=O)c1ccc(Oc2ccccc2)cc1CC(=O)OCc1ccccc1. The number of hydrogen-bond donors (Lipinski definition) is 0. The number of carbonyl (C=O) groups excluding carboxylic acids is 2. The summed E-state index contributed by atoms with van der Waals surface area (Å²) in [5, 5.41) is 0. The molecule has 0 fully saturated rings. The van der Waals surface area contributed by atoms with E-state index in [4.69, 9.17) is 14.2 Å². The highest BCUT2D eigenvalue weighted by Gasteiger charge is 2.19. The Morgan fingerprint density at radius 3 is 2.25 bits per heavy atom. The summed E-state index contributed by atoms with van der Waals surface area (Å²) >= 11 is 0. The zero-order chi connectivity index (χ0) is 22.8. The molecular weight excluding hydrogens is 404 g/mol. The molecule has 3 aromatic carbocycles. The van der Waals surface area contributed by atoms with Crippen LogP contribution in [0.1, 0.15) is 48.2 Å². The molecule has 0 aliphatic carbocycles. The predicted octanol–water partition coefficient (Wildman–Crippen LogP) is 6.11. The van der Waals surface area contributed by atoms with Gasteiger partial charge in [0.1, 0.15) is 18.1 Å². The van der Waals surface area contributed by atoms with Crippen LogP contribution in [0, 0.1) is 0 Å². The fraction of sp³-hybridized carbons (Fsp3) is 0.259. The zero-order valence-electron chi connectivity index (χ0n) is 18.5. The first-order valence-electron chi connectivity index (χ1n) is 10.8. The van der Waals surface area contributed by atoms with Crippen LogP contribution in [-0.4, -0.2) is 18.0 Å². The summed E-state index contributed by atoms with van der Waals surface area (Å²) in [5.41, 5.74) is 1.74. The van der Waals surface area contributed by atoms with Crippen LogP contribution in [0.4, 0.5) is 0 Å². The fourth-order valence-electron chi connectivity index (χ4n) is 3.26. The molecule has 0 bridgehead atoms. The Hall–Kier alpha value is -3.60. The van der Waals surface area contributed by atoms with E-state index >= 15 is 0 Å². The van der Waals surface area contributed by atoms with Crippen molar-refractivity contribution in [3.63, 3.8) is 0 Å². The Morgan fingerprint density at radius 1 is 0.875 bits per heavy atom. The highest BCUT2D eigenvalue weighted by atomic mass is 16.5. The number of rotatable bonds is 10. The maximum absolute atomic E-state index is 12.8. The molecule has 0 radical (unpaired) electrons. The molecule has 0 spiro atoms. The van der Waals surface area contributed by atoms with Gasteiger partial charge in [-0.25, -0.2) is 4.79 Å². The Kier molecular flexibility index (Phi) is 8.44. The Bertz CT molecular complexity index is 1010. The van der Waals surface area contributed by atoms with E-state index in [1.54, 1.807) is 18.2 Å². The molecule has 1 atom stereocenters. The predicted molar refractivity (Wildman–Crippen MR) is 123 cm³/mol. The van der Waals surface area contributed by atoms with Crippen LogP contribution in [0.3, 0.4) is 0 Å². The van der Waals surface area contributed by atoms with Crippen molar-refractivity contribution in [2.75, 3.05) is 0 Å². The standard InChI is InChI=1S/C27H28O5/c1-3-10-20(2)31-27(29)25-16-15-24(32-23-13-8-5-9-14-23)17-22(25)18-26(28)30-19-21-11-6-4-7-12-21/h4-9,11-17,20H,3,10,18-19H2,1-2H3. The van der Waals surface area contributed by atoms with Crippen LogP contribution in [0.2, 0.25) is 0 Å². The van der Waals surface area contributed by atoms with E-state index in [9.17, 15) is 9.59 Å². The van der Waals surface area contributed by atoms with Gasteiger partial charge >= 0.3 is 11.9 Å². The van der Waals surface area contributed by atoms with Crippen molar-refractivity contribution < 1.29 is 23.8 Å². The molecular formula is C27H28O5. The van der Waals surface area contributed by atoms with Gasteiger partial charge in [-0.1, -0.05) is 61.9 Å². The van der Waals surface area contributed by atoms with Crippen molar-refractivity contribution in [2.24, 2.45) is 0 Å². The quantitative estimate of drug-likeness (QED) is 0.362. The Labute approximate surface area is 188 Å². The van der Waals surface area contributed by atoms with Crippen molar-refractivity contribution in [3.8, 4) is 11.5 Å². The van der Waals surface area contributed by atoms with E-state index in [0.717, 1.165) is 18.4 Å². The highest BCUT2D eigenvalue weighted by molar-refractivity contribution is 5.93. The molecule has 0 aliphatic heterocycles. The van der Waals surface area contributed by atoms with Crippen LogP contribution in [0.5, 0.6) is 11.5 Å². The lowest BCUT2D eigenvalue weighted by Gasteiger charge is -2.15. The van der Waals surface area contributed by atoms with Crippen LogP contribution in [0.15, 0.2) is 78.9 Å². The van der Waals surface area contributed by atoms with Crippen molar-refractivity contribution in [2.45, 2.75) is 45.8 Å². The summed E-state index contributed by atoms with van der Waals surface area (Å²) in [7, 11) is 0. The van der Waals surface area contributed by atoms with Gasteiger partial charge in [0, 0.05) is 0 Å². The normalized spacial score (nSPS) is 11.4. The third kappa shape index (κ3) is 6.98. The van der Waals surface area contributed by atoms with Crippen molar-refractivity contribution in [1.82, 2.24) is 0 Å². The van der Waals surface area contributed by atoms with E-state index in [-0.39, 0.29) is 19.1 Å².